The van der Waals surface area contributed by atoms with Gasteiger partial charge in [0.25, 0.3) is 0 Å². The molecule has 0 amide bonds. The topological polar surface area (TPSA) is 103 Å². The lowest BCUT2D eigenvalue weighted by Gasteiger charge is -2.08. The average Bonchev–Trinajstić information content (AvgIpc) is 2.37. The first-order chi connectivity index (χ1) is 9.88. The quantitative estimate of drug-likeness (QED) is 0.685. The van der Waals surface area contributed by atoms with Crippen LogP contribution in [0.25, 0.3) is 0 Å². The highest BCUT2D eigenvalue weighted by atomic mass is 16.6. The molecule has 0 atom stereocenters. The second-order valence-electron chi connectivity index (χ2n) is 4.42. The van der Waals surface area contributed by atoms with Gasteiger partial charge in [-0.3, -0.25) is 10.1 Å². The van der Waals surface area contributed by atoms with E-state index in [1.54, 1.807) is 13.0 Å². The summed E-state index contributed by atoms with van der Waals surface area (Å²) in [6.45, 7) is 3.31. The monoisotopic (exact) mass is 288 g/mol. The number of pyridine rings is 1. The summed E-state index contributed by atoms with van der Waals surface area (Å²) in [5.74, 6) is -0.922. The maximum Gasteiger partial charge on any atom is 0.337 e. The average molecular weight is 288 g/mol. The van der Waals surface area contributed by atoms with Crippen LogP contribution in [0.5, 0.6) is 11.6 Å². The van der Waals surface area contributed by atoms with Gasteiger partial charge < -0.3 is 9.84 Å². The number of nitrogens with zero attached hydrogens (tertiary/aromatic N) is 2. The van der Waals surface area contributed by atoms with Gasteiger partial charge in [-0.15, -0.1) is 0 Å². The molecule has 0 aliphatic carbocycles. The molecule has 1 heterocycles. The van der Waals surface area contributed by atoms with Crippen molar-refractivity contribution in [3.8, 4) is 11.6 Å². The summed E-state index contributed by atoms with van der Waals surface area (Å²) in [4.78, 5) is 25.3. The molecular weight excluding hydrogens is 276 g/mol. The van der Waals surface area contributed by atoms with Gasteiger partial charge in [-0.2, -0.15) is 0 Å². The third-order valence-corrected chi connectivity index (χ3v) is 2.82. The minimum atomic E-state index is -1.09. The second kappa shape index (κ2) is 5.58. The van der Waals surface area contributed by atoms with Crippen LogP contribution in [0.3, 0.4) is 0 Å². The molecule has 0 spiro atoms. The smallest absolute Gasteiger partial charge is 0.337 e. The number of aromatic carboxylic acids is 1. The second-order valence-corrected chi connectivity index (χ2v) is 4.42. The van der Waals surface area contributed by atoms with Gasteiger partial charge in [0.2, 0.25) is 11.6 Å². The number of aryl methyl sites for hydroxylation is 2. The van der Waals surface area contributed by atoms with E-state index in [1.165, 1.54) is 31.2 Å². The number of benzene rings is 1. The van der Waals surface area contributed by atoms with Crippen LogP contribution in [-0.2, 0) is 0 Å². The first-order valence-electron chi connectivity index (χ1n) is 6.02. The molecule has 0 aliphatic heterocycles. The fourth-order valence-electron chi connectivity index (χ4n) is 1.79. The molecule has 0 saturated heterocycles. The third kappa shape index (κ3) is 3.14. The van der Waals surface area contributed by atoms with Crippen molar-refractivity contribution in [2.24, 2.45) is 0 Å². The lowest BCUT2D eigenvalue weighted by molar-refractivity contribution is -0.385. The van der Waals surface area contributed by atoms with Crippen molar-refractivity contribution in [3.63, 3.8) is 0 Å². The molecule has 0 aliphatic rings. The van der Waals surface area contributed by atoms with Crippen LogP contribution in [-0.4, -0.2) is 21.0 Å². The minimum Gasteiger partial charge on any atom is -0.478 e. The minimum absolute atomic E-state index is 0.0566. The lowest BCUT2D eigenvalue weighted by atomic mass is 10.2. The fraction of sp³-hybridized carbons (Fsp3) is 0.143. The summed E-state index contributed by atoms with van der Waals surface area (Å²) in [7, 11) is 0. The number of carboxylic acid groups (broad SMARTS) is 1. The molecule has 0 saturated carbocycles. The normalized spacial score (nSPS) is 10.2. The Morgan fingerprint density at radius 3 is 2.57 bits per heavy atom. The highest BCUT2D eigenvalue weighted by Crippen LogP contribution is 2.31. The van der Waals surface area contributed by atoms with Crippen LogP contribution in [0.4, 0.5) is 5.69 Å². The summed E-state index contributed by atoms with van der Waals surface area (Å²) >= 11 is 0. The van der Waals surface area contributed by atoms with Crippen LogP contribution in [0.1, 0.15) is 21.6 Å². The number of nitro benzene ring substituents is 1. The Balaban J connectivity index is 2.38. The predicted octanol–water partition coefficient (Wildman–Crippen LogP) is 3.10. The summed E-state index contributed by atoms with van der Waals surface area (Å²) < 4.78 is 5.42. The van der Waals surface area contributed by atoms with Gasteiger partial charge >= 0.3 is 11.7 Å². The summed E-state index contributed by atoms with van der Waals surface area (Å²) in [5, 5.41) is 19.9. The molecule has 2 rings (SSSR count). The summed E-state index contributed by atoms with van der Waals surface area (Å²) in [6, 6.07) is 7.20. The van der Waals surface area contributed by atoms with Gasteiger partial charge in [0, 0.05) is 12.1 Å². The van der Waals surface area contributed by atoms with Crippen molar-refractivity contribution in [2.75, 3.05) is 0 Å². The molecule has 108 valence electrons. The molecule has 0 radical (unpaired) electrons. The van der Waals surface area contributed by atoms with Gasteiger partial charge in [0.1, 0.15) is 0 Å². The number of hydrogen-bond acceptors (Lipinski definition) is 5. The van der Waals surface area contributed by atoms with E-state index in [-0.39, 0.29) is 28.6 Å². The zero-order valence-electron chi connectivity index (χ0n) is 11.4. The number of carboxylic acids is 1. The Bertz CT molecular complexity index is 727. The van der Waals surface area contributed by atoms with Crippen LogP contribution >= 0.6 is 0 Å². The molecule has 7 heteroatoms. The van der Waals surface area contributed by atoms with E-state index >= 15 is 0 Å². The van der Waals surface area contributed by atoms with E-state index in [2.05, 4.69) is 4.98 Å². The van der Waals surface area contributed by atoms with Crippen molar-refractivity contribution in [2.45, 2.75) is 13.8 Å². The first-order valence-corrected chi connectivity index (χ1v) is 6.02. The van der Waals surface area contributed by atoms with E-state index in [4.69, 9.17) is 9.84 Å². The highest BCUT2D eigenvalue weighted by molar-refractivity contribution is 5.88. The lowest BCUT2D eigenvalue weighted by Crippen LogP contribution is -2.02. The molecular formula is C14H12N2O5. The molecule has 1 aromatic heterocycles. The Hall–Kier alpha value is -2.96. The van der Waals surface area contributed by atoms with Crippen LogP contribution in [0.15, 0.2) is 30.3 Å². The summed E-state index contributed by atoms with van der Waals surface area (Å²) in [5.41, 5.74) is 0.952. The standard InChI is InChI=1S/C14H12N2O5/c1-8-3-5-11(16(19)20)12(7-8)21-13-6-4-10(14(17)18)9(2)15-13/h3-7H,1-2H3,(H,17,18). The van der Waals surface area contributed by atoms with Crippen molar-refractivity contribution >= 4 is 11.7 Å². The van der Waals surface area contributed by atoms with Gasteiger partial charge in [-0.25, -0.2) is 9.78 Å². The van der Waals surface area contributed by atoms with Crippen molar-refractivity contribution in [3.05, 3.63) is 57.3 Å². The number of carbonyl (C=O) groups is 1. The molecule has 1 N–H and O–H groups in total. The van der Waals surface area contributed by atoms with Crippen molar-refractivity contribution in [1.29, 1.82) is 0 Å². The Morgan fingerprint density at radius 2 is 2.00 bits per heavy atom. The van der Waals surface area contributed by atoms with Gasteiger partial charge in [0.05, 0.1) is 16.2 Å². The third-order valence-electron chi connectivity index (χ3n) is 2.82. The van der Waals surface area contributed by atoms with E-state index in [1.807, 2.05) is 0 Å². The number of nitro groups is 1. The SMILES string of the molecule is Cc1ccc([N+](=O)[O-])c(Oc2ccc(C(=O)O)c(C)n2)c1. The number of hydrogen-bond donors (Lipinski definition) is 1. The van der Waals surface area contributed by atoms with Crippen molar-refractivity contribution < 1.29 is 19.6 Å². The Kier molecular flexibility index (Phi) is 3.84. The van der Waals surface area contributed by atoms with Crippen LogP contribution in [0.2, 0.25) is 0 Å². The Labute approximate surface area is 120 Å². The molecule has 1 aromatic carbocycles. The first kappa shape index (κ1) is 14.4. The molecule has 0 fully saturated rings. The van der Waals surface area contributed by atoms with E-state index in [0.717, 1.165) is 5.56 Å². The zero-order valence-corrected chi connectivity index (χ0v) is 11.4. The van der Waals surface area contributed by atoms with Crippen molar-refractivity contribution in [1.82, 2.24) is 4.98 Å². The molecule has 0 unspecified atom stereocenters. The van der Waals surface area contributed by atoms with E-state index in [0.29, 0.717) is 0 Å². The van der Waals surface area contributed by atoms with E-state index in [9.17, 15) is 14.9 Å². The maximum absolute atomic E-state index is 11.0. The maximum atomic E-state index is 11.0. The summed E-state index contributed by atoms with van der Waals surface area (Å²) in [6.07, 6.45) is 0. The molecule has 0 bridgehead atoms. The number of ether oxygens (including phenoxy) is 1. The molecule has 2 aromatic rings. The number of aromatic nitrogens is 1. The van der Waals surface area contributed by atoms with Crippen LogP contribution in [0, 0.1) is 24.0 Å². The molecule has 21 heavy (non-hydrogen) atoms. The largest absolute Gasteiger partial charge is 0.478 e. The Morgan fingerprint density at radius 1 is 1.29 bits per heavy atom. The van der Waals surface area contributed by atoms with E-state index < -0.39 is 10.9 Å². The van der Waals surface area contributed by atoms with Crippen LogP contribution < -0.4 is 4.74 Å². The predicted molar refractivity (Wildman–Crippen MR) is 73.8 cm³/mol. The van der Waals surface area contributed by atoms with Gasteiger partial charge in [0.15, 0.2) is 0 Å². The van der Waals surface area contributed by atoms with Gasteiger partial charge in [-0.05, 0) is 31.5 Å². The highest BCUT2D eigenvalue weighted by Gasteiger charge is 2.17. The fourth-order valence-corrected chi connectivity index (χ4v) is 1.79. The molecule has 7 nitrogen and oxygen atoms in total. The zero-order chi connectivity index (χ0) is 15.6. The van der Waals surface area contributed by atoms with Gasteiger partial charge in [-0.1, -0.05) is 6.07 Å². The number of rotatable bonds is 4.